The van der Waals surface area contributed by atoms with E-state index in [0.29, 0.717) is 0 Å². The van der Waals surface area contributed by atoms with E-state index in [2.05, 4.69) is 23.4 Å². The zero-order valence-electron chi connectivity index (χ0n) is 9.59. The zero-order chi connectivity index (χ0) is 10.2. The maximum atomic E-state index is 3.54. The van der Waals surface area contributed by atoms with Gasteiger partial charge in [0.15, 0.2) is 0 Å². The van der Waals surface area contributed by atoms with Gasteiger partial charge in [0.25, 0.3) is 0 Å². The SMILES string of the molecule is CSCCCNCC(C)N1CCCC1. The fraction of sp³-hybridized carbons (Fsp3) is 1.00. The first-order valence-corrected chi connectivity index (χ1v) is 7.17. The monoisotopic (exact) mass is 216 g/mol. The lowest BCUT2D eigenvalue weighted by molar-refractivity contribution is 0.252. The van der Waals surface area contributed by atoms with Crippen LogP contribution >= 0.6 is 11.8 Å². The molecule has 1 atom stereocenters. The van der Waals surface area contributed by atoms with Gasteiger partial charge in [-0.1, -0.05) is 0 Å². The van der Waals surface area contributed by atoms with Gasteiger partial charge in [0.2, 0.25) is 0 Å². The van der Waals surface area contributed by atoms with Crippen LogP contribution in [0.5, 0.6) is 0 Å². The molecular weight excluding hydrogens is 192 g/mol. The van der Waals surface area contributed by atoms with Crippen LogP contribution in [0, 0.1) is 0 Å². The van der Waals surface area contributed by atoms with Crippen LogP contribution in [0.15, 0.2) is 0 Å². The summed E-state index contributed by atoms with van der Waals surface area (Å²) in [5.74, 6) is 1.28. The fourth-order valence-electron chi connectivity index (χ4n) is 1.96. The minimum atomic E-state index is 0.728. The Morgan fingerprint density at radius 3 is 2.71 bits per heavy atom. The van der Waals surface area contributed by atoms with E-state index in [4.69, 9.17) is 0 Å². The minimum absolute atomic E-state index is 0.728. The molecule has 1 saturated heterocycles. The smallest absolute Gasteiger partial charge is 0.0192 e. The van der Waals surface area contributed by atoms with Crippen LogP contribution in [0.3, 0.4) is 0 Å². The Morgan fingerprint density at radius 2 is 2.07 bits per heavy atom. The van der Waals surface area contributed by atoms with Crippen molar-refractivity contribution < 1.29 is 0 Å². The molecule has 1 aliphatic rings. The van der Waals surface area contributed by atoms with Crippen molar-refractivity contribution in [2.24, 2.45) is 0 Å². The lowest BCUT2D eigenvalue weighted by atomic mass is 10.3. The third-order valence-corrected chi connectivity index (χ3v) is 3.60. The van der Waals surface area contributed by atoms with Gasteiger partial charge in [-0.15, -0.1) is 0 Å². The summed E-state index contributed by atoms with van der Waals surface area (Å²) in [7, 11) is 0. The molecule has 0 aromatic heterocycles. The first-order chi connectivity index (χ1) is 6.84. The van der Waals surface area contributed by atoms with Gasteiger partial charge in [0, 0.05) is 12.6 Å². The van der Waals surface area contributed by atoms with Gasteiger partial charge < -0.3 is 5.32 Å². The van der Waals surface area contributed by atoms with E-state index in [0.717, 1.165) is 12.6 Å². The molecule has 3 heteroatoms. The molecule has 84 valence electrons. The number of hydrogen-bond acceptors (Lipinski definition) is 3. The molecule has 0 radical (unpaired) electrons. The van der Waals surface area contributed by atoms with Gasteiger partial charge in [-0.25, -0.2) is 0 Å². The Kier molecular flexibility index (Phi) is 6.65. The summed E-state index contributed by atoms with van der Waals surface area (Å²) in [5.41, 5.74) is 0. The normalized spacial score (nSPS) is 20.1. The van der Waals surface area contributed by atoms with Crippen molar-refractivity contribution in [3.63, 3.8) is 0 Å². The third kappa shape index (κ3) is 4.67. The molecule has 0 aromatic carbocycles. The van der Waals surface area contributed by atoms with Crippen LogP contribution in [0.25, 0.3) is 0 Å². The lowest BCUT2D eigenvalue weighted by Crippen LogP contribution is -2.38. The van der Waals surface area contributed by atoms with Crippen LogP contribution in [0.4, 0.5) is 0 Å². The highest BCUT2D eigenvalue weighted by Gasteiger charge is 2.16. The van der Waals surface area contributed by atoms with Crippen LogP contribution in [-0.4, -0.2) is 49.1 Å². The number of likely N-dealkylation sites (tertiary alicyclic amines) is 1. The van der Waals surface area contributed by atoms with Crippen molar-refractivity contribution in [3.8, 4) is 0 Å². The topological polar surface area (TPSA) is 15.3 Å². The van der Waals surface area contributed by atoms with E-state index < -0.39 is 0 Å². The number of nitrogens with zero attached hydrogens (tertiary/aromatic N) is 1. The van der Waals surface area contributed by atoms with E-state index in [1.807, 2.05) is 11.8 Å². The van der Waals surface area contributed by atoms with Crippen molar-refractivity contribution in [2.75, 3.05) is 38.2 Å². The largest absolute Gasteiger partial charge is 0.315 e. The molecule has 1 fully saturated rings. The molecule has 1 heterocycles. The first kappa shape index (κ1) is 12.3. The van der Waals surface area contributed by atoms with E-state index in [1.54, 1.807) is 0 Å². The molecule has 1 N–H and O–H groups in total. The standard InChI is InChI=1S/C11H24N2S/c1-11(13-7-3-4-8-13)10-12-6-5-9-14-2/h11-12H,3-10H2,1-2H3. The van der Waals surface area contributed by atoms with E-state index in [9.17, 15) is 0 Å². The molecule has 1 unspecified atom stereocenters. The summed E-state index contributed by atoms with van der Waals surface area (Å²) in [6.45, 7) is 7.31. The van der Waals surface area contributed by atoms with Crippen molar-refractivity contribution in [2.45, 2.75) is 32.2 Å². The number of nitrogens with one attached hydrogen (secondary N) is 1. The van der Waals surface area contributed by atoms with E-state index in [-0.39, 0.29) is 0 Å². The summed E-state index contributed by atoms with van der Waals surface area (Å²) in [6.07, 6.45) is 6.27. The maximum Gasteiger partial charge on any atom is 0.0192 e. The second-order valence-electron chi connectivity index (χ2n) is 4.14. The summed E-state index contributed by atoms with van der Waals surface area (Å²) in [5, 5.41) is 3.54. The quantitative estimate of drug-likeness (QED) is 0.654. The Labute approximate surface area is 92.8 Å². The summed E-state index contributed by atoms with van der Waals surface area (Å²) < 4.78 is 0. The van der Waals surface area contributed by atoms with Crippen LogP contribution in [-0.2, 0) is 0 Å². The second-order valence-corrected chi connectivity index (χ2v) is 5.13. The Balaban J connectivity index is 1.94. The zero-order valence-corrected chi connectivity index (χ0v) is 10.4. The minimum Gasteiger partial charge on any atom is -0.315 e. The Hall–Kier alpha value is 0.270. The van der Waals surface area contributed by atoms with Crippen molar-refractivity contribution in [1.29, 1.82) is 0 Å². The molecule has 0 aliphatic carbocycles. The third-order valence-electron chi connectivity index (χ3n) is 2.91. The molecular formula is C11H24N2S. The van der Waals surface area contributed by atoms with E-state index in [1.165, 1.54) is 44.6 Å². The fourth-order valence-corrected chi connectivity index (χ4v) is 2.40. The number of thioether (sulfide) groups is 1. The van der Waals surface area contributed by atoms with Crippen molar-refractivity contribution in [3.05, 3.63) is 0 Å². The summed E-state index contributed by atoms with van der Waals surface area (Å²) in [6, 6.07) is 0.728. The van der Waals surface area contributed by atoms with Crippen LogP contribution in [0.1, 0.15) is 26.2 Å². The molecule has 1 rings (SSSR count). The first-order valence-electron chi connectivity index (χ1n) is 5.78. The molecule has 2 nitrogen and oxygen atoms in total. The molecule has 1 aliphatic heterocycles. The van der Waals surface area contributed by atoms with Gasteiger partial charge in [-0.2, -0.15) is 11.8 Å². The maximum absolute atomic E-state index is 3.54. The Morgan fingerprint density at radius 1 is 1.36 bits per heavy atom. The highest BCUT2D eigenvalue weighted by atomic mass is 32.2. The van der Waals surface area contributed by atoms with Gasteiger partial charge in [-0.05, 0) is 57.8 Å². The highest BCUT2D eigenvalue weighted by Crippen LogP contribution is 2.10. The van der Waals surface area contributed by atoms with E-state index >= 15 is 0 Å². The lowest BCUT2D eigenvalue weighted by Gasteiger charge is -2.23. The molecule has 0 bridgehead atoms. The van der Waals surface area contributed by atoms with Crippen molar-refractivity contribution in [1.82, 2.24) is 10.2 Å². The predicted molar refractivity (Wildman–Crippen MR) is 66.1 cm³/mol. The molecule has 0 aromatic rings. The second kappa shape index (κ2) is 7.55. The molecule has 0 saturated carbocycles. The molecule has 0 amide bonds. The molecule has 0 spiro atoms. The van der Waals surface area contributed by atoms with Crippen molar-refractivity contribution >= 4 is 11.8 Å². The van der Waals surface area contributed by atoms with Crippen LogP contribution < -0.4 is 5.32 Å². The highest BCUT2D eigenvalue weighted by molar-refractivity contribution is 7.98. The Bertz CT molecular complexity index is 135. The number of rotatable bonds is 7. The predicted octanol–water partition coefficient (Wildman–Crippen LogP) is 1.81. The summed E-state index contributed by atoms with van der Waals surface area (Å²) >= 11 is 1.94. The van der Waals surface area contributed by atoms with Gasteiger partial charge in [0.1, 0.15) is 0 Å². The molecule has 14 heavy (non-hydrogen) atoms. The number of hydrogen-bond donors (Lipinski definition) is 1. The average molecular weight is 216 g/mol. The van der Waals surface area contributed by atoms with Crippen LogP contribution in [0.2, 0.25) is 0 Å². The average Bonchev–Trinajstić information content (AvgIpc) is 2.70. The van der Waals surface area contributed by atoms with Gasteiger partial charge >= 0.3 is 0 Å². The summed E-state index contributed by atoms with van der Waals surface area (Å²) in [4.78, 5) is 2.60. The van der Waals surface area contributed by atoms with Gasteiger partial charge in [-0.3, -0.25) is 4.90 Å². The van der Waals surface area contributed by atoms with Gasteiger partial charge in [0.05, 0.1) is 0 Å².